The SMILES string of the molecule is CCNC(c1ccccc1)C(C)c1nc(C(F)(F)F)no1. The van der Waals surface area contributed by atoms with Gasteiger partial charge in [-0.3, -0.25) is 0 Å². The Bertz CT molecular complexity index is 568. The van der Waals surface area contributed by atoms with Crippen molar-refractivity contribution in [3.05, 3.63) is 47.6 Å². The van der Waals surface area contributed by atoms with Crippen LogP contribution in [0, 0.1) is 0 Å². The van der Waals surface area contributed by atoms with E-state index in [-0.39, 0.29) is 17.9 Å². The molecule has 0 spiro atoms. The van der Waals surface area contributed by atoms with E-state index in [1.807, 2.05) is 37.3 Å². The number of aromatic nitrogens is 2. The average Bonchev–Trinajstić information content (AvgIpc) is 2.95. The summed E-state index contributed by atoms with van der Waals surface area (Å²) in [7, 11) is 0. The number of hydrogen-bond donors (Lipinski definition) is 1. The van der Waals surface area contributed by atoms with Crippen molar-refractivity contribution in [2.45, 2.75) is 32.0 Å². The van der Waals surface area contributed by atoms with Gasteiger partial charge in [0, 0.05) is 6.04 Å². The molecule has 4 nitrogen and oxygen atoms in total. The van der Waals surface area contributed by atoms with Gasteiger partial charge in [-0.2, -0.15) is 18.2 Å². The Morgan fingerprint density at radius 1 is 1.24 bits per heavy atom. The second kappa shape index (κ2) is 6.26. The van der Waals surface area contributed by atoms with Crippen LogP contribution in [-0.4, -0.2) is 16.7 Å². The van der Waals surface area contributed by atoms with Crippen LogP contribution in [0.5, 0.6) is 0 Å². The third kappa shape index (κ3) is 3.60. The maximum Gasteiger partial charge on any atom is 0.455 e. The van der Waals surface area contributed by atoms with Gasteiger partial charge in [-0.25, -0.2) is 0 Å². The van der Waals surface area contributed by atoms with Gasteiger partial charge in [-0.1, -0.05) is 49.3 Å². The van der Waals surface area contributed by atoms with Crippen LogP contribution in [0.2, 0.25) is 0 Å². The molecule has 0 saturated carbocycles. The lowest BCUT2D eigenvalue weighted by Gasteiger charge is -2.22. The van der Waals surface area contributed by atoms with Crippen molar-refractivity contribution in [2.75, 3.05) is 6.54 Å². The Hall–Kier alpha value is -1.89. The van der Waals surface area contributed by atoms with Gasteiger partial charge < -0.3 is 9.84 Å². The molecule has 2 unspecified atom stereocenters. The fourth-order valence-electron chi connectivity index (χ4n) is 2.14. The predicted molar refractivity (Wildman–Crippen MR) is 70.6 cm³/mol. The third-order valence-corrected chi connectivity index (χ3v) is 3.17. The molecule has 1 heterocycles. The van der Waals surface area contributed by atoms with Crippen molar-refractivity contribution in [1.82, 2.24) is 15.5 Å². The first-order valence-electron chi connectivity index (χ1n) is 6.62. The van der Waals surface area contributed by atoms with E-state index in [2.05, 4.69) is 15.5 Å². The van der Waals surface area contributed by atoms with E-state index in [9.17, 15) is 13.2 Å². The van der Waals surface area contributed by atoms with E-state index in [0.29, 0.717) is 6.54 Å². The van der Waals surface area contributed by atoms with Gasteiger partial charge in [0.05, 0.1) is 5.92 Å². The molecular weight excluding hydrogens is 283 g/mol. The molecule has 1 aromatic heterocycles. The number of hydrogen-bond acceptors (Lipinski definition) is 4. The monoisotopic (exact) mass is 299 g/mol. The highest BCUT2D eigenvalue weighted by atomic mass is 19.4. The first-order chi connectivity index (χ1) is 9.93. The van der Waals surface area contributed by atoms with Gasteiger partial charge in [0.15, 0.2) is 0 Å². The van der Waals surface area contributed by atoms with Crippen LogP contribution >= 0.6 is 0 Å². The predicted octanol–water partition coefficient (Wildman–Crippen LogP) is 3.54. The van der Waals surface area contributed by atoms with Crippen LogP contribution in [0.4, 0.5) is 13.2 Å². The zero-order chi connectivity index (χ0) is 15.5. The van der Waals surface area contributed by atoms with Gasteiger partial charge in [-0.15, -0.1) is 0 Å². The summed E-state index contributed by atoms with van der Waals surface area (Å²) in [6.07, 6.45) is -4.60. The lowest BCUT2D eigenvalue weighted by molar-refractivity contribution is -0.146. The van der Waals surface area contributed by atoms with E-state index in [0.717, 1.165) is 5.56 Å². The van der Waals surface area contributed by atoms with Crippen LogP contribution in [0.15, 0.2) is 34.9 Å². The maximum atomic E-state index is 12.5. The molecule has 114 valence electrons. The fourth-order valence-corrected chi connectivity index (χ4v) is 2.14. The third-order valence-electron chi connectivity index (χ3n) is 3.17. The minimum Gasteiger partial charge on any atom is -0.339 e. The van der Waals surface area contributed by atoms with Crippen molar-refractivity contribution in [3.8, 4) is 0 Å². The molecule has 7 heteroatoms. The highest BCUT2D eigenvalue weighted by Crippen LogP contribution is 2.32. The Kier molecular flexibility index (Phi) is 4.62. The van der Waals surface area contributed by atoms with E-state index >= 15 is 0 Å². The van der Waals surface area contributed by atoms with Crippen molar-refractivity contribution in [1.29, 1.82) is 0 Å². The van der Waals surface area contributed by atoms with Crippen molar-refractivity contribution < 1.29 is 17.7 Å². The lowest BCUT2D eigenvalue weighted by Crippen LogP contribution is -2.26. The van der Waals surface area contributed by atoms with E-state index in [1.165, 1.54) is 0 Å². The molecule has 0 saturated heterocycles. The van der Waals surface area contributed by atoms with Gasteiger partial charge in [0.25, 0.3) is 5.82 Å². The van der Waals surface area contributed by atoms with Gasteiger partial charge in [0.2, 0.25) is 5.89 Å². The van der Waals surface area contributed by atoms with Crippen LogP contribution in [0.25, 0.3) is 0 Å². The summed E-state index contributed by atoms with van der Waals surface area (Å²) in [5, 5.41) is 6.24. The van der Waals surface area contributed by atoms with Crippen LogP contribution in [0.3, 0.4) is 0 Å². The minimum absolute atomic E-state index is 0.0304. The molecule has 0 fully saturated rings. The Balaban J connectivity index is 2.26. The first kappa shape index (κ1) is 15.5. The zero-order valence-electron chi connectivity index (χ0n) is 11.7. The second-order valence-electron chi connectivity index (χ2n) is 4.69. The second-order valence-corrected chi connectivity index (χ2v) is 4.69. The molecule has 0 radical (unpaired) electrons. The lowest BCUT2D eigenvalue weighted by atomic mass is 9.94. The van der Waals surface area contributed by atoms with Crippen LogP contribution < -0.4 is 5.32 Å². The molecule has 1 aromatic carbocycles. The standard InChI is InChI=1S/C14H16F3N3O/c1-3-18-11(10-7-5-4-6-8-10)9(2)12-19-13(20-21-12)14(15,16)17/h4-9,11,18H,3H2,1-2H3. The number of rotatable bonds is 5. The van der Waals surface area contributed by atoms with E-state index in [4.69, 9.17) is 4.52 Å². The zero-order valence-corrected chi connectivity index (χ0v) is 11.7. The largest absolute Gasteiger partial charge is 0.455 e. The highest BCUT2D eigenvalue weighted by Gasteiger charge is 2.38. The van der Waals surface area contributed by atoms with Gasteiger partial charge in [0.1, 0.15) is 0 Å². The fraction of sp³-hybridized carbons (Fsp3) is 0.429. The number of nitrogens with zero attached hydrogens (tertiary/aromatic N) is 2. The van der Waals surface area contributed by atoms with Crippen molar-refractivity contribution in [3.63, 3.8) is 0 Å². The van der Waals surface area contributed by atoms with Crippen molar-refractivity contribution >= 4 is 0 Å². The van der Waals surface area contributed by atoms with Crippen LogP contribution in [0.1, 0.15) is 43.1 Å². The Labute approximate surface area is 120 Å². The number of benzene rings is 1. The molecule has 2 aromatic rings. The Morgan fingerprint density at radius 2 is 1.90 bits per heavy atom. The molecule has 21 heavy (non-hydrogen) atoms. The number of nitrogens with one attached hydrogen (secondary N) is 1. The summed E-state index contributed by atoms with van der Waals surface area (Å²) in [4.78, 5) is 3.47. The minimum atomic E-state index is -4.60. The summed E-state index contributed by atoms with van der Waals surface area (Å²) < 4.78 is 42.4. The molecule has 0 amide bonds. The van der Waals surface area contributed by atoms with Gasteiger partial charge in [-0.05, 0) is 12.1 Å². The number of halogens is 3. The quantitative estimate of drug-likeness (QED) is 0.917. The number of alkyl halides is 3. The summed E-state index contributed by atoms with van der Waals surface area (Å²) in [6, 6.07) is 9.25. The first-order valence-corrected chi connectivity index (χ1v) is 6.62. The van der Waals surface area contributed by atoms with Gasteiger partial charge >= 0.3 is 6.18 Å². The molecule has 2 rings (SSSR count). The highest BCUT2D eigenvalue weighted by molar-refractivity contribution is 5.22. The smallest absolute Gasteiger partial charge is 0.339 e. The molecule has 0 bridgehead atoms. The Morgan fingerprint density at radius 3 is 2.43 bits per heavy atom. The van der Waals surface area contributed by atoms with Crippen LogP contribution in [-0.2, 0) is 6.18 Å². The molecule has 2 atom stereocenters. The average molecular weight is 299 g/mol. The number of likely N-dealkylation sites (N-methyl/N-ethyl adjacent to an activating group) is 1. The summed E-state index contributed by atoms with van der Waals surface area (Å²) in [5.41, 5.74) is 0.957. The van der Waals surface area contributed by atoms with E-state index in [1.54, 1.807) is 6.92 Å². The van der Waals surface area contributed by atoms with E-state index < -0.39 is 12.0 Å². The summed E-state index contributed by atoms with van der Waals surface area (Å²) >= 11 is 0. The topological polar surface area (TPSA) is 51.0 Å². The summed E-state index contributed by atoms with van der Waals surface area (Å²) in [5.74, 6) is -1.65. The molecule has 0 aliphatic heterocycles. The molecule has 0 aliphatic carbocycles. The normalized spacial score (nSPS) is 14.9. The molecular formula is C14H16F3N3O. The van der Waals surface area contributed by atoms with Crippen molar-refractivity contribution in [2.24, 2.45) is 0 Å². The summed E-state index contributed by atoms with van der Waals surface area (Å²) in [6.45, 7) is 4.36. The molecule has 1 N–H and O–H groups in total. The molecule has 0 aliphatic rings. The maximum absolute atomic E-state index is 12.5.